The summed E-state index contributed by atoms with van der Waals surface area (Å²) in [6.45, 7) is 6.61. The Labute approximate surface area is 109 Å². The van der Waals surface area contributed by atoms with E-state index < -0.39 is 0 Å². The lowest BCUT2D eigenvalue weighted by Gasteiger charge is -2.31. The Morgan fingerprint density at radius 1 is 1.39 bits per heavy atom. The molecule has 96 valence electrons. The van der Waals surface area contributed by atoms with Crippen molar-refractivity contribution in [3.63, 3.8) is 0 Å². The number of nitrogens with one attached hydrogen (secondary N) is 1. The highest BCUT2D eigenvalue weighted by atomic mass is 15.1. The first-order valence-corrected chi connectivity index (χ1v) is 6.79. The van der Waals surface area contributed by atoms with Gasteiger partial charge in [0.1, 0.15) is 0 Å². The van der Waals surface area contributed by atoms with Crippen molar-refractivity contribution in [2.75, 3.05) is 31.1 Å². The van der Waals surface area contributed by atoms with Gasteiger partial charge in [-0.05, 0) is 63.0 Å². The quantitative estimate of drug-likeness (QED) is 0.882. The van der Waals surface area contributed by atoms with Gasteiger partial charge < -0.3 is 10.2 Å². The molecule has 0 spiro atoms. The molecule has 1 N–H and O–H groups in total. The predicted molar refractivity (Wildman–Crippen MR) is 74.6 cm³/mol. The monoisotopic (exact) mass is 243 g/mol. The van der Waals surface area contributed by atoms with Crippen LogP contribution in [0, 0.1) is 17.2 Å². The van der Waals surface area contributed by atoms with Crippen LogP contribution in [0.25, 0.3) is 0 Å². The van der Waals surface area contributed by atoms with E-state index in [1.807, 2.05) is 12.1 Å². The van der Waals surface area contributed by atoms with Crippen LogP contribution in [-0.4, -0.2) is 26.2 Å². The Hall–Kier alpha value is -1.53. The number of benzene rings is 1. The van der Waals surface area contributed by atoms with Crippen molar-refractivity contribution in [3.05, 3.63) is 29.8 Å². The van der Waals surface area contributed by atoms with Gasteiger partial charge in [-0.15, -0.1) is 0 Å². The van der Waals surface area contributed by atoms with Crippen molar-refractivity contribution < 1.29 is 0 Å². The fourth-order valence-electron chi connectivity index (χ4n) is 2.56. The van der Waals surface area contributed by atoms with Crippen LogP contribution in [0.2, 0.25) is 0 Å². The molecule has 1 aliphatic heterocycles. The van der Waals surface area contributed by atoms with E-state index in [4.69, 9.17) is 5.26 Å². The van der Waals surface area contributed by atoms with Crippen LogP contribution < -0.4 is 10.2 Å². The van der Waals surface area contributed by atoms with Crippen molar-refractivity contribution in [1.29, 1.82) is 5.26 Å². The fraction of sp³-hybridized carbons (Fsp3) is 0.533. The lowest BCUT2D eigenvalue weighted by molar-refractivity contribution is 0.378. The zero-order valence-electron chi connectivity index (χ0n) is 11.0. The van der Waals surface area contributed by atoms with E-state index >= 15 is 0 Å². The highest BCUT2D eigenvalue weighted by molar-refractivity contribution is 5.49. The van der Waals surface area contributed by atoms with Gasteiger partial charge in [-0.1, -0.05) is 0 Å². The van der Waals surface area contributed by atoms with Crippen LogP contribution in [-0.2, 0) is 0 Å². The van der Waals surface area contributed by atoms with Crippen molar-refractivity contribution in [3.8, 4) is 6.07 Å². The Balaban J connectivity index is 2.00. The normalized spacial score (nSPS) is 19.2. The van der Waals surface area contributed by atoms with Crippen LogP contribution >= 0.6 is 0 Å². The van der Waals surface area contributed by atoms with Gasteiger partial charge >= 0.3 is 0 Å². The molecule has 1 heterocycles. The molecule has 2 rings (SSSR count). The molecular weight excluding hydrogens is 222 g/mol. The predicted octanol–water partition coefficient (Wildman–Crippen LogP) is 2.38. The standard InChI is InChI=1S/C15H21N3/c1-2-18(12-14-4-3-9-17-11-14)15-7-5-13(10-16)6-8-15/h5-8,14,17H,2-4,9,11-12H2,1H3. The molecule has 18 heavy (non-hydrogen) atoms. The lowest BCUT2D eigenvalue weighted by atomic mass is 9.99. The van der Waals surface area contributed by atoms with E-state index in [1.165, 1.54) is 25.1 Å². The first kappa shape index (κ1) is 12.9. The number of hydrogen-bond donors (Lipinski definition) is 1. The number of rotatable bonds is 4. The lowest BCUT2D eigenvalue weighted by Crippen LogP contribution is -2.38. The van der Waals surface area contributed by atoms with Gasteiger partial charge in [0.2, 0.25) is 0 Å². The molecule has 1 aliphatic rings. The third-order valence-corrected chi connectivity index (χ3v) is 3.62. The van der Waals surface area contributed by atoms with Crippen molar-refractivity contribution >= 4 is 5.69 Å². The van der Waals surface area contributed by atoms with E-state index in [1.54, 1.807) is 0 Å². The molecule has 0 saturated carbocycles. The SMILES string of the molecule is CCN(CC1CCCNC1)c1ccc(C#N)cc1. The maximum absolute atomic E-state index is 8.81. The second-order valence-corrected chi connectivity index (χ2v) is 4.91. The number of nitriles is 1. The maximum atomic E-state index is 8.81. The Morgan fingerprint density at radius 2 is 2.17 bits per heavy atom. The molecule has 1 aromatic rings. The smallest absolute Gasteiger partial charge is 0.0991 e. The van der Waals surface area contributed by atoms with Gasteiger partial charge in [0.15, 0.2) is 0 Å². The fourth-order valence-corrected chi connectivity index (χ4v) is 2.56. The summed E-state index contributed by atoms with van der Waals surface area (Å²) in [7, 11) is 0. The maximum Gasteiger partial charge on any atom is 0.0991 e. The summed E-state index contributed by atoms with van der Waals surface area (Å²) in [6.07, 6.45) is 2.61. The second-order valence-electron chi connectivity index (χ2n) is 4.91. The molecule has 0 bridgehead atoms. The molecule has 1 unspecified atom stereocenters. The van der Waals surface area contributed by atoms with Gasteiger partial charge in [0.05, 0.1) is 11.6 Å². The van der Waals surface area contributed by atoms with Crippen molar-refractivity contribution in [2.45, 2.75) is 19.8 Å². The summed E-state index contributed by atoms with van der Waals surface area (Å²) in [4.78, 5) is 2.40. The molecule has 1 aromatic carbocycles. The molecule has 0 radical (unpaired) electrons. The van der Waals surface area contributed by atoms with Gasteiger partial charge in [0, 0.05) is 18.8 Å². The van der Waals surface area contributed by atoms with Gasteiger partial charge in [-0.3, -0.25) is 0 Å². The average molecular weight is 243 g/mol. The third kappa shape index (κ3) is 3.24. The number of piperidine rings is 1. The first-order chi connectivity index (χ1) is 8.83. The van der Waals surface area contributed by atoms with Crippen LogP contribution in [0.15, 0.2) is 24.3 Å². The highest BCUT2D eigenvalue weighted by Crippen LogP contribution is 2.19. The molecule has 3 nitrogen and oxygen atoms in total. The third-order valence-electron chi connectivity index (χ3n) is 3.62. The Kier molecular flexibility index (Phi) is 4.60. The number of anilines is 1. The molecule has 0 aliphatic carbocycles. The molecule has 1 atom stereocenters. The van der Waals surface area contributed by atoms with Gasteiger partial charge in [-0.2, -0.15) is 5.26 Å². The van der Waals surface area contributed by atoms with Crippen LogP contribution in [0.4, 0.5) is 5.69 Å². The van der Waals surface area contributed by atoms with E-state index in [0.717, 1.165) is 31.1 Å². The van der Waals surface area contributed by atoms with Gasteiger partial charge in [0.25, 0.3) is 0 Å². The Morgan fingerprint density at radius 3 is 2.72 bits per heavy atom. The largest absolute Gasteiger partial charge is 0.371 e. The Bertz CT molecular complexity index is 399. The summed E-state index contributed by atoms with van der Waals surface area (Å²) in [6, 6.07) is 10.1. The average Bonchev–Trinajstić information content (AvgIpc) is 2.46. The minimum absolute atomic E-state index is 0.731. The van der Waals surface area contributed by atoms with Crippen molar-refractivity contribution in [1.82, 2.24) is 5.32 Å². The molecule has 0 amide bonds. The van der Waals surface area contributed by atoms with E-state index in [2.05, 4.69) is 35.3 Å². The summed E-state index contributed by atoms with van der Waals surface area (Å²) in [5.41, 5.74) is 1.95. The van der Waals surface area contributed by atoms with Crippen molar-refractivity contribution in [2.24, 2.45) is 5.92 Å². The number of hydrogen-bond acceptors (Lipinski definition) is 3. The minimum Gasteiger partial charge on any atom is -0.371 e. The van der Waals surface area contributed by atoms with Gasteiger partial charge in [-0.25, -0.2) is 0 Å². The molecule has 1 fully saturated rings. The zero-order chi connectivity index (χ0) is 12.8. The summed E-state index contributed by atoms with van der Waals surface area (Å²) in [5, 5.41) is 12.3. The topological polar surface area (TPSA) is 39.1 Å². The highest BCUT2D eigenvalue weighted by Gasteiger charge is 2.16. The van der Waals surface area contributed by atoms with Crippen LogP contribution in [0.5, 0.6) is 0 Å². The van der Waals surface area contributed by atoms with E-state index in [-0.39, 0.29) is 0 Å². The van der Waals surface area contributed by atoms with Crippen LogP contribution in [0.1, 0.15) is 25.3 Å². The summed E-state index contributed by atoms with van der Waals surface area (Å²) < 4.78 is 0. The van der Waals surface area contributed by atoms with E-state index in [0.29, 0.717) is 0 Å². The summed E-state index contributed by atoms with van der Waals surface area (Å²) >= 11 is 0. The zero-order valence-corrected chi connectivity index (χ0v) is 11.0. The minimum atomic E-state index is 0.731. The second kappa shape index (κ2) is 6.42. The molecular formula is C15H21N3. The molecule has 0 aromatic heterocycles. The first-order valence-electron chi connectivity index (χ1n) is 6.79. The summed E-state index contributed by atoms with van der Waals surface area (Å²) in [5.74, 6) is 0.745. The molecule has 3 heteroatoms. The molecule has 1 saturated heterocycles. The van der Waals surface area contributed by atoms with E-state index in [9.17, 15) is 0 Å². The van der Waals surface area contributed by atoms with Crippen LogP contribution in [0.3, 0.4) is 0 Å². The number of nitrogens with zero attached hydrogens (tertiary/aromatic N) is 2.